The van der Waals surface area contributed by atoms with E-state index in [1.165, 1.54) is 6.07 Å². The number of benzene rings is 2. The minimum absolute atomic E-state index is 0. The normalized spacial score (nSPS) is 24.1. The second kappa shape index (κ2) is 7.44. The predicted octanol–water partition coefficient (Wildman–Crippen LogP) is 7.27. The van der Waals surface area contributed by atoms with Crippen LogP contribution in [0.3, 0.4) is 0 Å². The monoisotopic (exact) mass is 338 g/mol. The lowest BCUT2D eigenvalue weighted by atomic mass is 9.78. The fraction of sp³-hybridized carbons (Fsp3) is 0.400. The van der Waals surface area contributed by atoms with Gasteiger partial charge in [-0.1, -0.05) is 50.2 Å². The van der Waals surface area contributed by atoms with E-state index >= 15 is 0 Å². The highest BCUT2D eigenvalue weighted by molar-refractivity contribution is 6.30. The summed E-state index contributed by atoms with van der Waals surface area (Å²) in [6.07, 6.45) is 1.50. The summed E-state index contributed by atoms with van der Waals surface area (Å²) in [5, 5.41) is 0.623. The summed E-state index contributed by atoms with van der Waals surface area (Å²) in [5.74, 6) is -0.0555. The maximum atomic E-state index is 14.4. The van der Waals surface area contributed by atoms with E-state index in [4.69, 9.17) is 11.6 Å². The van der Waals surface area contributed by atoms with Crippen LogP contribution in [0.5, 0.6) is 0 Å². The molecule has 126 valence electrons. The average Bonchev–Trinajstić information content (AvgIpc) is 2.48. The van der Waals surface area contributed by atoms with Crippen LogP contribution in [0.4, 0.5) is 8.78 Å². The SMILES string of the molecule is C.CC1CC[C@@H](c2ccc(-c3ccc(Cl)cc3)c(F)c2)C(F)C1.[HH]. The Morgan fingerprint density at radius 2 is 1.78 bits per heavy atom. The Morgan fingerprint density at radius 1 is 1.09 bits per heavy atom. The lowest BCUT2D eigenvalue weighted by molar-refractivity contribution is 0.177. The van der Waals surface area contributed by atoms with Crippen LogP contribution in [0, 0.1) is 11.7 Å². The van der Waals surface area contributed by atoms with Crippen LogP contribution < -0.4 is 0 Å². The molecule has 0 nitrogen and oxygen atoms in total. The number of alkyl halides is 1. The topological polar surface area (TPSA) is 0 Å². The van der Waals surface area contributed by atoms with E-state index in [1.54, 1.807) is 30.3 Å². The minimum Gasteiger partial charge on any atom is -0.247 e. The van der Waals surface area contributed by atoms with Crippen LogP contribution in [0.2, 0.25) is 5.02 Å². The van der Waals surface area contributed by atoms with Crippen molar-refractivity contribution in [1.82, 2.24) is 0 Å². The molecule has 0 aliphatic heterocycles. The fourth-order valence-electron chi connectivity index (χ4n) is 3.31. The second-order valence-electron chi connectivity index (χ2n) is 6.29. The Hall–Kier alpha value is -1.41. The van der Waals surface area contributed by atoms with Crippen LogP contribution >= 0.6 is 11.6 Å². The molecule has 23 heavy (non-hydrogen) atoms. The first kappa shape index (κ1) is 17.9. The highest BCUT2D eigenvalue weighted by Crippen LogP contribution is 2.39. The molecular formula is C20H25ClF2. The molecule has 1 fully saturated rings. The van der Waals surface area contributed by atoms with Crippen LogP contribution in [0.1, 0.15) is 46.5 Å². The Morgan fingerprint density at radius 3 is 2.39 bits per heavy atom. The van der Waals surface area contributed by atoms with E-state index in [0.717, 1.165) is 24.0 Å². The first-order valence-corrected chi connectivity index (χ1v) is 8.12. The zero-order chi connectivity index (χ0) is 15.7. The zero-order valence-electron chi connectivity index (χ0n) is 12.5. The van der Waals surface area contributed by atoms with E-state index in [1.807, 2.05) is 6.07 Å². The lowest BCUT2D eigenvalue weighted by Gasteiger charge is -2.30. The molecule has 0 saturated heterocycles. The minimum atomic E-state index is -0.871. The molecule has 1 saturated carbocycles. The van der Waals surface area contributed by atoms with Gasteiger partial charge < -0.3 is 0 Å². The molecule has 0 spiro atoms. The number of rotatable bonds is 2. The Balaban J connectivity index is 0.00000144. The van der Waals surface area contributed by atoms with Gasteiger partial charge in [0.15, 0.2) is 0 Å². The van der Waals surface area contributed by atoms with Gasteiger partial charge >= 0.3 is 0 Å². The van der Waals surface area contributed by atoms with Crippen LogP contribution in [0.25, 0.3) is 11.1 Å². The third kappa shape index (κ3) is 3.92. The van der Waals surface area contributed by atoms with Gasteiger partial charge in [-0.05, 0) is 54.5 Å². The summed E-state index contributed by atoms with van der Waals surface area (Å²) in [6.45, 7) is 2.08. The van der Waals surface area contributed by atoms with Crippen LogP contribution in [-0.2, 0) is 0 Å². The third-order valence-electron chi connectivity index (χ3n) is 4.61. The number of hydrogen-bond donors (Lipinski definition) is 0. The van der Waals surface area contributed by atoms with Crippen LogP contribution in [-0.4, -0.2) is 6.17 Å². The quantitative estimate of drug-likeness (QED) is 0.540. The van der Waals surface area contributed by atoms with Crippen LogP contribution in [0.15, 0.2) is 42.5 Å². The number of hydrogen-bond acceptors (Lipinski definition) is 0. The van der Waals surface area contributed by atoms with Gasteiger partial charge in [0, 0.05) is 17.9 Å². The summed E-state index contributed by atoms with van der Waals surface area (Å²) < 4.78 is 28.7. The maximum Gasteiger partial charge on any atom is 0.131 e. The highest BCUT2D eigenvalue weighted by Gasteiger charge is 2.30. The van der Waals surface area contributed by atoms with Gasteiger partial charge in [-0.2, -0.15) is 0 Å². The van der Waals surface area contributed by atoms with Crippen molar-refractivity contribution < 1.29 is 10.2 Å². The maximum absolute atomic E-state index is 14.4. The van der Waals surface area contributed by atoms with Crippen molar-refractivity contribution in [3.05, 3.63) is 58.9 Å². The van der Waals surface area contributed by atoms with Crippen molar-refractivity contribution in [2.45, 2.75) is 45.7 Å². The lowest BCUT2D eigenvalue weighted by Crippen LogP contribution is -2.23. The summed E-state index contributed by atoms with van der Waals surface area (Å²) >= 11 is 5.86. The van der Waals surface area contributed by atoms with Gasteiger partial charge in [-0.15, -0.1) is 0 Å². The standard InChI is InChI=1S/C19H19ClF2.CH4.H2/c1-12-2-8-17(18(21)10-12)14-5-9-16(19(22)11-14)13-3-6-15(20)7-4-13;;/h3-7,9,11-12,17-18H,2,8,10H2,1H3;1H4;1H/t12?,17-,18?;;/m0../s1. The highest BCUT2D eigenvalue weighted by atomic mass is 35.5. The van der Waals surface area contributed by atoms with E-state index < -0.39 is 6.17 Å². The first-order chi connectivity index (χ1) is 10.5. The van der Waals surface area contributed by atoms with Gasteiger partial charge in [0.05, 0.1) is 0 Å². The van der Waals surface area contributed by atoms with E-state index in [9.17, 15) is 8.78 Å². The average molecular weight is 339 g/mol. The number of halogens is 3. The molecule has 3 rings (SSSR count). The molecule has 1 aliphatic rings. The van der Waals surface area contributed by atoms with Crippen molar-refractivity contribution in [3.63, 3.8) is 0 Å². The Bertz CT molecular complexity index is 657. The molecule has 0 radical (unpaired) electrons. The second-order valence-corrected chi connectivity index (χ2v) is 6.72. The molecule has 0 N–H and O–H groups in total. The fourth-order valence-corrected chi connectivity index (χ4v) is 3.44. The molecule has 3 heteroatoms. The third-order valence-corrected chi connectivity index (χ3v) is 4.86. The first-order valence-electron chi connectivity index (χ1n) is 7.74. The Labute approximate surface area is 144 Å². The van der Waals surface area contributed by atoms with Gasteiger partial charge in [-0.3, -0.25) is 0 Å². The molecule has 0 bridgehead atoms. The van der Waals surface area contributed by atoms with E-state index in [-0.39, 0.29) is 20.6 Å². The predicted molar refractivity (Wildman–Crippen MR) is 96.3 cm³/mol. The molecular weight excluding hydrogens is 314 g/mol. The van der Waals surface area contributed by atoms with Gasteiger partial charge in [0.1, 0.15) is 12.0 Å². The van der Waals surface area contributed by atoms with E-state index in [0.29, 0.717) is 22.9 Å². The molecule has 0 heterocycles. The molecule has 0 amide bonds. The van der Waals surface area contributed by atoms with E-state index in [2.05, 4.69) is 6.92 Å². The van der Waals surface area contributed by atoms with Crippen molar-refractivity contribution in [2.75, 3.05) is 0 Å². The molecule has 3 atom stereocenters. The molecule has 1 aliphatic carbocycles. The molecule has 2 aromatic carbocycles. The van der Waals surface area contributed by atoms with Gasteiger partial charge in [0.2, 0.25) is 0 Å². The smallest absolute Gasteiger partial charge is 0.131 e. The van der Waals surface area contributed by atoms with Crippen molar-refractivity contribution in [2.24, 2.45) is 5.92 Å². The zero-order valence-corrected chi connectivity index (χ0v) is 13.3. The molecule has 0 aromatic heterocycles. The van der Waals surface area contributed by atoms with Crippen molar-refractivity contribution in [1.29, 1.82) is 0 Å². The molecule has 2 unspecified atom stereocenters. The molecule has 2 aromatic rings. The van der Waals surface area contributed by atoms with Crippen molar-refractivity contribution >= 4 is 11.6 Å². The summed E-state index contributed by atoms with van der Waals surface area (Å²) in [4.78, 5) is 0. The Kier molecular flexibility index (Phi) is 5.80. The van der Waals surface area contributed by atoms with Gasteiger partial charge in [-0.25, -0.2) is 8.78 Å². The summed E-state index contributed by atoms with van der Waals surface area (Å²) in [7, 11) is 0. The summed E-state index contributed by atoms with van der Waals surface area (Å²) in [5.41, 5.74) is 2.08. The largest absolute Gasteiger partial charge is 0.247 e. The van der Waals surface area contributed by atoms with Gasteiger partial charge in [0.25, 0.3) is 0 Å². The summed E-state index contributed by atoms with van der Waals surface area (Å²) in [6, 6.07) is 12.2. The van der Waals surface area contributed by atoms with Crippen molar-refractivity contribution in [3.8, 4) is 11.1 Å².